The average Bonchev–Trinajstić information content (AvgIpc) is 3.19. The van der Waals surface area contributed by atoms with E-state index < -0.39 is 0 Å². The van der Waals surface area contributed by atoms with Gasteiger partial charge >= 0.3 is 5.97 Å². The van der Waals surface area contributed by atoms with Crippen molar-refractivity contribution in [1.29, 1.82) is 0 Å². The molecule has 0 radical (unpaired) electrons. The van der Waals surface area contributed by atoms with E-state index >= 15 is 0 Å². The van der Waals surface area contributed by atoms with Crippen molar-refractivity contribution in [1.82, 2.24) is 10.1 Å². The van der Waals surface area contributed by atoms with Gasteiger partial charge in [-0.2, -0.15) is 0 Å². The number of benzene rings is 1. The quantitative estimate of drug-likeness (QED) is 0.633. The van der Waals surface area contributed by atoms with Crippen LogP contribution in [0.25, 0.3) is 11.3 Å². The van der Waals surface area contributed by atoms with Crippen LogP contribution in [0, 0.1) is 20.8 Å². The van der Waals surface area contributed by atoms with E-state index in [9.17, 15) is 4.79 Å². The zero-order chi connectivity index (χ0) is 17.8. The van der Waals surface area contributed by atoms with Gasteiger partial charge in [-0.25, -0.2) is 4.98 Å². The van der Waals surface area contributed by atoms with Gasteiger partial charge in [0, 0.05) is 12.0 Å². The van der Waals surface area contributed by atoms with Crippen molar-refractivity contribution < 1.29 is 18.5 Å². The van der Waals surface area contributed by atoms with Crippen LogP contribution in [0.15, 0.2) is 39.4 Å². The van der Waals surface area contributed by atoms with Crippen LogP contribution in [0.1, 0.15) is 34.9 Å². The van der Waals surface area contributed by atoms with Crippen molar-refractivity contribution in [2.75, 3.05) is 0 Å². The van der Waals surface area contributed by atoms with Crippen molar-refractivity contribution in [3.63, 3.8) is 0 Å². The lowest BCUT2D eigenvalue weighted by Gasteiger charge is -2.03. The zero-order valence-electron chi connectivity index (χ0n) is 14.5. The first-order valence-electron chi connectivity index (χ1n) is 8.12. The molecular formula is C19H20N2O4. The Bertz CT molecular complexity index is 842. The largest absolute Gasteiger partial charge is 0.461 e. The molecule has 0 saturated carbocycles. The van der Waals surface area contributed by atoms with Crippen LogP contribution in [0.2, 0.25) is 0 Å². The summed E-state index contributed by atoms with van der Waals surface area (Å²) in [6.45, 7) is 5.81. The minimum atomic E-state index is -0.310. The van der Waals surface area contributed by atoms with Gasteiger partial charge in [-0.05, 0) is 20.8 Å². The van der Waals surface area contributed by atoms with Crippen molar-refractivity contribution >= 4 is 5.97 Å². The Morgan fingerprint density at radius 1 is 1.16 bits per heavy atom. The molecule has 0 spiro atoms. The van der Waals surface area contributed by atoms with Crippen LogP contribution in [0.5, 0.6) is 0 Å². The molecule has 3 aromatic rings. The summed E-state index contributed by atoms with van der Waals surface area (Å²) in [4.78, 5) is 16.1. The fourth-order valence-electron chi connectivity index (χ4n) is 2.42. The average molecular weight is 340 g/mol. The lowest BCUT2D eigenvalue weighted by Crippen LogP contribution is -2.06. The maximum absolute atomic E-state index is 11.9. The van der Waals surface area contributed by atoms with Crippen LogP contribution < -0.4 is 0 Å². The Morgan fingerprint density at radius 3 is 2.60 bits per heavy atom. The number of ether oxygens (including phenoxy) is 1. The molecule has 0 amide bonds. The van der Waals surface area contributed by atoms with Gasteiger partial charge in [-0.15, -0.1) is 0 Å². The number of nitrogens with zero attached hydrogens (tertiary/aromatic N) is 2. The third-order valence-corrected chi connectivity index (χ3v) is 3.99. The Balaban J connectivity index is 1.52. The van der Waals surface area contributed by atoms with Crippen LogP contribution in [0.4, 0.5) is 0 Å². The van der Waals surface area contributed by atoms with Gasteiger partial charge in [0.1, 0.15) is 12.4 Å². The Labute approximate surface area is 145 Å². The summed E-state index contributed by atoms with van der Waals surface area (Å²) in [5.41, 5.74) is 3.70. The van der Waals surface area contributed by atoms with E-state index in [2.05, 4.69) is 10.1 Å². The zero-order valence-corrected chi connectivity index (χ0v) is 14.5. The number of oxazole rings is 1. The second kappa shape index (κ2) is 7.34. The molecular weight excluding hydrogens is 320 g/mol. The first-order valence-corrected chi connectivity index (χ1v) is 8.12. The summed E-state index contributed by atoms with van der Waals surface area (Å²) in [6.07, 6.45) is 2.28. The van der Waals surface area contributed by atoms with Crippen molar-refractivity contribution in [3.05, 3.63) is 58.9 Å². The summed E-state index contributed by atoms with van der Waals surface area (Å²) in [7, 11) is 0. The molecule has 3 rings (SSSR count). The normalized spacial score (nSPS) is 10.8. The highest BCUT2D eigenvalue weighted by Gasteiger charge is 2.13. The van der Waals surface area contributed by atoms with Crippen LogP contribution in [-0.2, 0) is 22.6 Å². The topological polar surface area (TPSA) is 78.4 Å². The molecule has 0 N–H and O–H groups in total. The summed E-state index contributed by atoms with van der Waals surface area (Å²) in [5.74, 6) is 1.57. The minimum absolute atomic E-state index is 0.167. The monoisotopic (exact) mass is 340 g/mol. The van der Waals surface area contributed by atoms with Crippen LogP contribution in [-0.4, -0.2) is 16.1 Å². The lowest BCUT2D eigenvalue weighted by molar-refractivity contribution is -0.145. The molecule has 25 heavy (non-hydrogen) atoms. The molecule has 2 heterocycles. The summed E-state index contributed by atoms with van der Waals surface area (Å²) < 4.78 is 16.0. The Kier molecular flexibility index (Phi) is 4.97. The molecule has 2 aromatic heterocycles. The molecule has 130 valence electrons. The predicted molar refractivity (Wildman–Crippen MR) is 90.8 cm³/mol. The number of aryl methyl sites for hydroxylation is 4. The van der Waals surface area contributed by atoms with Crippen LogP contribution >= 0.6 is 0 Å². The number of rotatable bonds is 6. The molecule has 0 atom stereocenters. The number of aromatic nitrogens is 2. The maximum Gasteiger partial charge on any atom is 0.306 e. The highest BCUT2D eigenvalue weighted by atomic mass is 16.5. The highest BCUT2D eigenvalue weighted by molar-refractivity contribution is 5.69. The van der Waals surface area contributed by atoms with Gasteiger partial charge < -0.3 is 13.7 Å². The number of hydrogen-bond donors (Lipinski definition) is 0. The van der Waals surface area contributed by atoms with Gasteiger partial charge in [0.25, 0.3) is 0 Å². The van der Waals surface area contributed by atoms with Gasteiger partial charge in [-0.3, -0.25) is 4.79 Å². The third kappa shape index (κ3) is 4.15. The number of carbonyl (C=O) groups excluding carboxylic acids is 1. The maximum atomic E-state index is 11.9. The fourth-order valence-corrected chi connectivity index (χ4v) is 2.42. The van der Waals surface area contributed by atoms with E-state index in [-0.39, 0.29) is 19.0 Å². The van der Waals surface area contributed by atoms with Gasteiger partial charge in [0.15, 0.2) is 11.7 Å². The number of hydrogen-bond acceptors (Lipinski definition) is 6. The van der Waals surface area contributed by atoms with E-state index in [0.29, 0.717) is 23.8 Å². The van der Waals surface area contributed by atoms with E-state index in [4.69, 9.17) is 13.7 Å². The molecule has 0 bridgehead atoms. The first kappa shape index (κ1) is 17.0. The van der Waals surface area contributed by atoms with E-state index in [0.717, 1.165) is 16.8 Å². The molecule has 0 aliphatic heterocycles. The molecule has 6 heteroatoms. The fraction of sp³-hybridized carbons (Fsp3) is 0.316. The highest BCUT2D eigenvalue weighted by Crippen LogP contribution is 2.21. The lowest BCUT2D eigenvalue weighted by atomic mass is 10.1. The van der Waals surface area contributed by atoms with Gasteiger partial charge in [-0.1, -0.05) is 35.0 Å². The second-order valence-electron chi connectivity index (χ2n) is 5.95. The van der Waals surface area contributed by atoms with Crippen molar-refractivity contribution in [2.45, 2.75) is 40.2 Å². The Morgan fingerprint density at radius 2 is 1.92 bits per heavy atom. The minimum Gasteiger partial charge on any atom is -0.461 e. The predicted octanol–water partition coefficient (Wildman–Crippen LogP) is 3.93. The van der Waals surface area contributed by atoms with Crippen LogP contribution in [0.3, 0.4) is 0 Å². The van der Waals surface area contributed by atoms with Crippen molar-refractivity contribution in [2.24, 2.45) is 0 Å². The second-order valence-corrected chi connectivity index (χ2v) is 5.95. The van der Waals surface area contributed by atoms with Gasteiger partial charge in [0.2, 0.25) is 0 Å². The van der Waals surface area contributed by atoms with E-state index in [1.165, 1.54) is 5.56 Å². The van der Waals surface area contributed by atoms with Gasteiger partial charge in [0.05, 0.1) is 23.9 Å². The Hall–Kier alpha value is -2.89. The molecule has 0 unspecified atom stereocenters. The first-order chi connectivity index (χ1) is 12.0. The molecule has 0 saturated heterocycles. The summed E-state index contributed by atoms with van der Waals surface area (Å²) in [6, 6.07) is 8.00. The number of esters is 1. The van der Waals surface area contributed by atoms with E-state index in [1.807, 2.05) is 38.1 Å². The van der Waals surface area contributed by atoms with E-state index in [1.54, 1.807) is 13.1 Å². The smallest absolute Gasteiger partial charge is 0.306 e. The number of carbonyl (C=O) groups is 1. The summed E-state index contributed by atoms with van der Waals surface area (Å²) in [5, 5.41) is 3.83. The molecule has 1 aromatic carbocycles. The molecule has 0 aliphatic rings. The molecule has 0 fully saturated rings. The molecule has 0 aliphatic carbocycles. The standard InChI is InChI=1S/C19H20N2O4/c1-12-4-6-15(7-5-12)17-10-20-18(24-17)8-9-19(22)23-11-16-13(2)21-25-14(16)3/h4-7,10H,8-9,11H2,1-3H3. The third-order valence-electron chi connectivity index (χ3n) is 3.99. The van der Waals surface area contributed by atoms with Crippen molar-refractivity contribution in [3.8, 4) is 11.3 Å². The summed E-state index contributed by atoms with van der Waals surface area (Å²) >= 11 is 0. The molecule has 6 nitrogen and oxygen atoms in total. The SMILES string of the molecule is Cc1ccc(-c2cnc(CCC(=O)OCc3c(C)noc3C)o2)cc1.